The molecule has 0 aromatic carbocycles. The van der Waals surface area contributed by atoms with Gasteiger partial charge in [0.25, 0.3) is 0 Å². The summed E-state index contributed by atoms with van der Waals surface area (Å²) < 4.78 is 6.46. The van der Waals surface area contributed by atoms with Crippen LogP contribution in [0, 0.1) is 5.92 Å². The molecular formula is C9H13BrO. The molecule has 1 aliphatic rings. The first-order valence-corrected chi connectivity index (χ1v) is 4.67. The lowest BCUT2D eigenvalue weighted by molar-refractivity contribution is 0.263. The second kappa shape index (κ2) is 3.96. The lowest BCUT2D eigenvalue weighted by Crippen LogP contribution is -2.05. The van der Waals surface area contributed by atoms with Crippen LogP contribution in [0.3, 0.4) is 0 Å². The Balaban J connectivity index is 2.67. The van der Waals surface area contributed by atoms with Crippen LogP contribution in [0.2, 0.25) is 0 Å². The van der Waals surface area contributed by atoms with Gasteiger partial charge in [-0.2, -0.15) is 0 Å². The maximum atomic E-state index is 5.17. The van der Waals surface area contributed by atoms with E-state index in [-0.39, 0.29) is 0 Å². The van der Waals surface area contributed by atoms with Gasteiger partial charge in [0.05, 0.1) is 12.9 Å². The van der Waals surface area contributed by atoms with Crippen molar-refractivity contribution in [2.45, 2.75) is 19.8 Å². The molecule has 0 fully saturated rings. The minimum Gasteiger partial charge on any atom is -0.501 e. The number of hydrogen-bond donors (Lipinski definition) is 0. The van der Waals surface area contributed by atoms with Crippen molar-refractivity contribution in [2.24, 2.45) is 5.92 Å². The molecule has 0 spiro atoms. The first-order chi connectivity index (χ1) is 5.27. The first kappa shape index (κ1) is 8.85. The summed E-state index contributed by atoms with van der Waals surface area (Å²) in [6.07, 6.45) is 6.30. The molecule has 0 saturated heterocycles. The summed E-state index contributed by atoms with van der Waals surface area (Å²) in [4.78, 5) is 0. The van der Waals surface area contributed by atoms with E-state index in [1.165, 1.54) is 4.48 Å². The monoisotopic (exact) mass is 216 g/mol. The molecule has 0 heterocycles. The smallest absolute Gasteiger partial charge is 0.0962 e. The van der Waals surface area contributed by atoms with E-state index in [1.54, 1.807) is 7.11 Å². The molecule has 1 nitrogen and oxygen atoms in total. The van der Waals surface area contributed by atoms with E-state index in [2.05, 4.69) is 28.9 Å². The lowest BCUT2D eigenvalue weighted by atomic mass is 9.97. The van der Waals surface area contributed by atoms with Crippen LogP contribution in [0.25, 0.3) is 0 Å². The van der Waals surface area contributed by atoms with Gasteiger partial charge >= 0.3 is 0 Å². The molecule has 0 N–H and O–H groups in total. The van der Waals surface area contributed by atoms with Crippen LogP contribution in [0.15, 0.2) is 22.4 Å². The van der Waals surface area contributed by atoms with Crippen LogP contribution in [-0.4, -0.2) is 7.11 Å². The fourth-order valence-electron chi connectivity index (χ4n) is 1.21. The third-order valence-corrected chi connectivity index (χ3v) is 2.93. The van der Waals surface area contributed by atoms with Gasteiger partial charge in [-0.15, -0.1) is 0 Å². The third kappa shape index (κ3) is 2.09. The Hall–Kier alpha value is -0.240. The molecule has 11 heavy (non-hydrogen) atoms. The highest BCUT2D eigenvalue weighted by molar-refractivity contribution is 9.11. The number of allylic oxidation sites excluding steroid dienone is 4. The molecule has 0 bridgehead atoms. The molecule has 0 aromatic rings. The van der Waals surface area contributed by atoms with Gasteiger partial charge in [0.15, 0.2) is 0 Å². The zero-order chi connectivity index (χ0) is 8.27. The average Bonchev–Trinajstić information content (AvgIpc) is 2.05. The Morgan fingerprint density at radius 3 is 2.91 bits per heavy atom. The normalized spacial score (nSPS) is 24.1. The summed E-state index contributed by atoms with van der Waals surface area (Å²) in [5.41, 5.74) is 0. The zero-order valence-electron chi connectivity index (χ0n) is 6.93. The van der Waals surface area contributed by atoms with Crippen molar-refractivity contribution >= 4 is 15.9 Å². The molecule has 2 heteroatoms. The predicted octanol–water partition coefficient (Wildman–Crippen LogP) is 3.23. The summed E-state index contributed by atoms with van der Waals surface area (Å²) in [5.74, 6) is 1.70. The fourth-order valence-corrected chi connectivity index (χ4v) is 1.83. The minimum absolute atomic E-state index is 0.620. The molecule has 0 aromatic heterocycles. The van der Waals surface area contributed by atoms with Gasteiger partial charge in [-0.1, -0.05) is 22.9 Å². The Bertz CT molecular complexity index is 194. The van der Waals surface area contributed by atoms with Crippen molar-refractivity contribution in [1.29, 1.82) is 0 Å². The number of hydrogen-bond acceptors (Lipinski definition) is 1. The second-order valence-electron chi connectivity index (χ2n) is 2.70. The third-order valence-electron chi connectivity index (χ3n) is 2.02. The van der Waals surface area contributed by atoms with Crippen LogP contribution in [-0.2, 0) is 4.74 Å². The zero-order valence-corrected chi connectivity index (χ0v) is 8.52. The largest absolute Gasteiger partial charge is 0.501 e. The van der Waals surface area contributed by atoms with Crippen molar-refractivity contribution in [1.82, 2.24) is 0 Å². The van der Waals surface area contributed by atoms with Crippen LogP contribution in [0.5, 0.6) is 0 Å². The van der Waals surface area contributed by atoms with Crippen LogP contribution >= 0.6 is 15.9 Å². The van der Waals surface area contributed by atoms with E-state index in [4.69, 9.17) is 4.74 Å². The van der Waals surface area contributed by atoms with Crippen molar-refractivity contribution in [3.63, 3.8) is 0 Å². The SMILES string of the molecule is CCC1CC(OC)=CC=C1Br. The Morgan fingerprint density at radius 1 is 1.64 bits per heavy atom. The number of methoxy groups -OCH3 is 1. The predicted molar refractivity (Wildman–Crippen MR) is 50.5 cm³/mol. The molecule has 0 radical (unpaired) electrons. The van der Waals surface area contributed by atoms with Crippen LogP contribution in [0.1, 0.15) is 19.8 Å². The maximum Gasteiger partial charge on any atom is 0.0962 e. The number of rotatable bonds is 2. The summed E-state index contributed by atoms with van der Waals surface area (Å²) >= 11 is 3.53. The van der Waals surface area contributed by atoms with E-state index >= 15 is 0 Å². The maximum absolute atomic E-state index is 5.17. The lowest BCUT2D eigenvalue weighted by Gasteiger charge is -2.19. The number of ether oxygens (including phenoxy) is 1. The van der Waals surface area contributed by atoms with Gasteiger partial charge in [0.2, 0.25) is 0 Å². The van der Waals surface area contributed by atoms with Gasteiger partial charge in [0.1, 0.15) is 0 Å². The van der Waals surface area contributed by atoms with Crippen molar-refractivity contribution in [3.8, 4) is 0 Å². The fraction of sp³-hybridized carbons (Fsp3) is 0.556. The summed E-state index contributed by atoms with van der Waals surface area (Å²) in [5, 5.41) is 0. The summed E-state index contributed by atoms with van der Waals surface area (Å²) in [6, 6.07) is 0. The Morgan fingerprint density at radius 2 is 2.36 bits per heavy atom. The van der Waals surface area contributed by atoms with Crippen molar-refractivity contribution in [3.05, 3.63) is 22.4 Å². The molecule has 1 unspecified atom stereocenters. The molecule has 1 aliphatic carbocycles. The van der Waals surface area contributed by atoms with Gasteiger partial charge in [-0.25, -0.2) is 0 Å². The van der Waals surface area contributed by atoms with E-state index in [0.717, 1.165) is 18.6 Å². The Kier molecular flexibility index (Phi) is 3.18. The summed E-state index contributed by atoms with van der Waals surface area (Å²) in [7, 11) is 1.73. The van der Waals surface area contributed by atoms with Gasteiger partial charge in [-0.3, -0.25) is 0 Å². The van der Waals surface area contributed by atoms with Crippen molar-refractivity contribution in [2.75, 3.05) is 7.11 Å². The average molecular weight is 217 g/mol. The number of halogens is 1. The minimum atomic E-state index is 0.620. The highest BCUT2D eigenvalue weighted by Gasteiger charge is 2.15. The molecule has 62 valence electrons. The highest BCUT2D eigenvalue weighted by Crippen LogP contribution is 2.31. The molecule has 0 amide bonds. The quantitative estimate of drug-likeness (QED) is 0.689. The topological polar surface area (TPSA) is 9.23 Å². The van der Waals surface area contributed by atoms with Gasteiger partial charge < -0.3 is 4.74 Å². The van der Waals surface area contributed by atoms with Crippen molar-refractivity contribution < 1.29 is 4.74 Å². The van der Waals surface area contributed by atoms with E-state index < -0.39 is 0 Å². The molecule has 1 atom stereocenters. The molecular weight excluding hydrogens is 204 g/mol. The summed E-state index contributed by atoms with van der Waals surface area (Å²) in [6.45, 7) is 2.19. The standard InChI is InChI=1S/C9H13BrO/c1-3-7-6-8(11-2)4-5-9(7)10/h4-5,7H,3,6H2,1-2H3. The van der Waals surface area contributed by atoms with E-state index in [9.17, 15) is 0 Å². The highest BCUT2D eigenvalue weighted by atomic mass is 79.9. The van der Waals surface area contributed by atoms with Gasteiger partial charge in [0, 0.05) is 6.42 Å². The van der Waals surface area contributed by atoms with E-state index in [1.807, 2.05) is 6.08 Å². The molecule has 0 saturated carbocycles. The van der Waals surface area contributed by atoms with Crippen LogP contribution < -0.4 is 0 Å². The van der Waals surface area contributed by atoms with Gasteiger partial charge in [-0.05, 0) is 29.0 Å². The van der Waals surface area contributed by atoms with Crippen LogP contribution in [0.4, 0.5) is 0 Å². The molecule has 0 aliphatic heterocycles. The molecule has 1 rings (SSSR count). The second-order valence-corrected chi connectivity index (χ2v) is 3.61. The Labute approximate surface area is 76.3 Å². The first-order valence-electron chi connectivity index (χ1n) is 3.88. The van der Waals surface area contributed by atoms with E-state index in [0.29, 0.717) is 5.92 Å².